The molecule has 4 aliphatic rings. The number of nitrogens with one attached hydrogen (secondary N) is 1. The molecule has 0 radical (unpaired) electrons. The summed E-state index contributed by atoms with van der Waals surface area (Å²) >= 11 is 0. The number of amides is 2. The zero-order valence-corrected chi connectivity index (χ0v) is 37.3. The summed E-state index contributed by atoms with van der Waals surface area (Å²) in [6.45, 7) is 23.6. The number of hydrogen-bond donors (Lipinski definition) is 3. The summed E-state index contributed by atoms with van der Waals surface area (Å²) in [6, 6.07) is 11.1. The molecule has 4 fully saturated rings. The molecule has 1 aliphatic heterocycles. The summed E-state index contributed by atoms with van der Waals surface area (Å²) in [7, 11) is 5.58. The van der Waals surface area contributed by atoms with Gasteiger partial charge in [0.25, 0.3) is 5.91 Å². The second kappa shape index (κ2) is 19.9. The van der Waals surface area contributed by atoms with Gasteiger partial charge in [0, 0.05) is 74.6 Å². The van der Waals surface area contributed by atoms with Gasteiger partial charge in [-0.25, -0.2) is 0 Å². The average molecular weight is 807 g/mol. The van der Waals surface area contributed by atoms with Gasteiger partial charge in [0.15, 0.2) is 0 Å². The molecular weight excluding hydrogens is 733 g/mol. The highest BCUT2D eigenvalue weighted by atomic mass is 16.7. The highest BCUT2D eigenvalue weighted by molar-refractivity contribution is 5.97. The highest BCUT2D eigenvalue weighted by Crippen LogP contribution is 2.61. The number of hydrogen-bond acceptors (Lipinski definition) is 10. The van der Waals surface area contributed by atoms with Crippen molar-refractivity contribution in [3.63, 3.8) is 0 Å². The standard InChI is InChI=1S/C46H74N6O6/c1-12-49(13-2)19-21-51(22-20-50(14-3)15-4)45(56)34-23-33(24-36(25-34)48(9)10)37-18-16-17-32(43(37)57-11)28-52-42(41(31(6)54)40(29-53)58-52)44(55)47-39-27-35-26-38(30(39)5)46(35,7)8/h16-18,23-25,30-31,35,38-42,53-54H,12-15,19-22,26-29H2,1-11H3,(H,47,55)/t30-,31-,35+,38+,39-,40-,41+,42-/m0/s1. The Labute approximate surface area is 348 Å². The minimum atomic E-state index is -0.898. The number of fused-ring (bicyclic) bond motifs is 2. The normalized spacial score (nSPS) is 25.7. The van der Waals surface area contributed by atoms with Crippen LogP contribution in [0.4, 0.5) is 5.69 Å². The number of carbonyl (C=O) groups is 2. The Kier molecular flexibility index (Phi) is 15.7. The Hall–Kier alpha value is -3.26. The number of rotatable bonds is 20. The molecule has 58 heavy (non-hydrogen) atoms. The maximum absolute atomic E-state index is 14.5. The van der Waals surface area contributed by atoms with Gasteiger partial charge < -0.3 is 39.9 Å². The average Bonchev–Trinajstić information content (AvgIpc) is 3.59. The third-order valence-corrected chi connectivity index (χ3v) is 14.1. The van der Waals surface area contributed by atoms with E-state index in [1.165, 1.54) is 6.42 Å². The molecule has 3 aliphatic carbocycles. The first-order valence-corrected chi connectivity index (χ1v) is 21.9. The predicted molar refractivity (Wildman–Crippen MR) is 232 cm³/mol. The van der Waals surface area contributed by atoms with Gasteiger partial charge in [-0.15, -0.1) is 0 Å². The van der Waals surface area contributed by atoms with E-state index >= 15 is 0 Å². The number of carbonyl (C=O) groups excluding carboxylic acids is 2. The molecule has 2 aromatic carbocycles. The number of nitrogens with zero attached hydrogens (tertiary/aromatic N) is 5. The molecule has 324 valence electrons. The lowest BCUT2D eigenvalue weighted by Crippen LogP contribution is -2.62. The Bertz CT molecular complexity index is 1660. The number of para-hydroxylation sites is 1. The van der Waals surface area contributed by atoms with Gasteiger partial charge in [-0.05, 0) is 92.9 Å². The van der Waals surface area contributed by atoms with E-state index in [0.29, 0.717) is 42.2 Å². The number of benzene rings is 2. The molecule has 2 bridgehead atoms. The van der Waals surface area contributed by atoms with Gasteiger partial charge in [-0.2, -0.15) is 5.06 Å². The van der Waals surface area contributed by atoms with Crippen molar-refractivity contribution in [3.8, 4) is 16.9 Å². The Morgan fingerprint density at radius 2 is 1.62 bits per heavy atom. The van der Waals surface area contributed by atoms with Gasteiger partial charge in [0.2, 0.25) is 5.91 Å². The minimum absolute atomic E-state index is 0.00827. The monoisotopic (exact) mass is 807 g/mol. The largest absolute Gasteiger partial charge is 0.496 e. The first-order chi connectivity index (χ1) is 27.6. The first-order valence-electron chi connectivity index (χ1n) is 21.9. The van der Waals surface area contributed by atoms with Crippen LogP contribution < -0.4 is 15.0 Å². The molecule has 0 spiro atoms. The van der Waals surface area contributed by atoms with Crippen LogP contribution in [-0.2, 0) is 16.2 Å². The summed E-state index contributed by atoms with van der Waals surface area (Å²) in [5.41, 5.74) is 4.20. The van der Waals surface area contributed by atoms with E-state index in [1.807, 2.05) is 54.2 Å². The quantitative estimate of drug-likeness (QED) is 0.165. The molecule has 2 amide bonds. The van der Waals surface area contributed by atoms with E-state index in [2.05, 4.69) is 69.6 Å². The van der Waals surface area contributed by atoms with E-state index in [9.17, 15) is 19.8 Å². The molecule has 12 nitrogen and oxygen atoms in total. The molecule has 3 N–H and O–H groups in total. The number of aliphatic hydroxyl groups excluding tert-OH is 2. The molecule has 2 aromatic rings. The number of hydroxylamine groups is 2. The van der Waals surface area contributed by atoms with Crippen LogP contribution in [0.15, 0.2) is 36.4 Å². The Morgan fingerprint density at radius 1 is 0.983 bits per heavy atom. The number of likely N-dealkylation sites (N-methyl/N-ethyl adjacent to an activating group) is 2. The van der Waals surface area contributed by atoms with Gasteiger partial charge in [0.1, 0.15) is 17.9 Å². The lowest BCUT2D eigenvalue weighted by molar-refractivity contribution is -0.183. The zero-order valence-electron chi connectivity index (χ0n) is 37.3. The molecular formula is C46H74N6O6. The molecule has 6 rings (SSSR count). The molecule has 12 heteroatoms. The summed E-state index contributed by atoms with van der Waals surface area (Å²) in [5.74, 6) is 1.23. The second-order valence-corrected chi connectivity index (χ2v) is 17.7. The van der Waals surface area contributed by atoms with Gasteiger partial charge in [-0.1, -0.05) is 66.7 Å². The van der Waals surface area contributed by atoms with Gasteiger partial charge >= 0.3 is 0 Å². The van der Waals surface area contributed by atoms with Crippen LogP contribution in [0.5, 0.6) is 5.75 Å². The fourth-order valence-corrected chi connectivity index (χ4v) is 10.1. The van der Waals surface area contributed by atoms with E-state index in [0.717, 1.165) is 68.1 Å². The molecule has 0 unspecified atom stereocenters. The number of anilines is 1. The van der Waals surface area contributed by atoms with Crippen molar-refractivity contribution >= 4 is 17.5 Å². The van der Waals surface area contributed by atoms with E-state index in [4.69, 9.17) is 9.57 Å². The van der Waals surface area contributed by atoms with Crippen molar-refractivity contribution in [1.82, 2.24) is 25.1 Å². The fourth-order valence-electron chi connectivity index (χ4n) is 10.1. The van der Waals surface area contributed by atoms with Crippen molar-refractivity contribution in [2.24, 2.45) is 29.1 Å². The van der Waals surface area contributed by atoms with Crippen molar-refractivity contribution in [1.29, 1.82) is 0 Å². The summed E-state index contributed by atoms with van der Waals surface area (Å²) in [6.07, 6.45) is 0.489. The third-order valence-electron chi connectivity index (χ3n) is 14.1. The highest BCUT2D eigenvalue weighted by Gasteiger charge is 2.57. The van der Waals surface area contributed by atoms with Crippen LogP contribution in [-0.4, -0.2) is 146 Å². The van der Waals surface area contributed by atoms with Crippen molar-refractivity contribution in [2.75, 3.05) is 85.1 Å². The van der Waals surface area contributed by atoms with Crippen LogP contribution in [0.1, 0.15) is 84.2 Å². The fraction of sp³-hybridized carbons (Fsp3) is 0.696. The van der Waals surface area contributed by atoms with Crippen molar-refractivity contribution < 1.29 is 29.4 Å². The number of ether oxygens (including phenoxy) is 1. The van der Waals surface area contributed by atoms with Crippen LogP contribution in [0.3, 0.4) is 0 Å². The van der Waals surface area contributed by atoms with E-state index in [-0.39, 0.29) is 36.4 Å². The van der Waals surface area contributed by atoms with Crippen LogP contribution in [0, 0.1) is 29.1 Å². The first kappa shape index (κ1) is 45.8. The van der Waals surface area contributed by atoms with Gasteiger partial charge in [-0.3, -0.25) is 14.4 Å². The predicted octanol–water partition coefficient (Wildman–Crippen LogP) is 5.21. The Balaban J connectivity index is 1.46. The SMILES string of the molecule is CCN(CC)CCN(CCN(CC)CC)C(=O)c1cc(-c2cccc(CN3O[C@@H](CO)[C@@H]([C@H](C)O)[C@H]3C(=O)N[C@H]3C[C@H]4C[C@H]([C@@H]3C)C4(C)C)c2OC)cc(N(C)C)c1. The molecule has 8 atom stereocenters. The minimum Gasteiger partial charge on any atom is -0.496 e. The molecule has 1 heterocycles. The van der Waals surface area contributed by atoms with Gasteiger partial charge in [0.05, 0.1) is 26.4 Å². The zero-order chi connectivity index (χ0) is 42.5. The third kappa shape index (κ3) is 9.68. The maximum atomic E-state index is 14.5. The van der Waals surface area contributed by atoms with E-state index in [1.54, 1.807) is 19.1 Å². The second-order valence-electron chi connectivity index (χ2n) is 17.7. The smallest absolute Gasteiger partial charge is 0.254 e. The molecule has 3 saturated carbocycles. The number of methoxy groups -OCH3 is 1. The number of aliphatic hydroxyl groups is 2. The van der Waals surface area contributed by atoms with E-state index < -0.39 is 24.2 Å². The molecule has 1 saturated heterocycles. The van der Waals surface area contributed by atoms with Crippen molar-refractivity contribution in [3.05, 3.63) is 47.5 Å². The van der Waals surface area contributed by atoms with Crippen molar-refractivity contribution in [2.45, 2.75) is 99.1 Å². The van der Waals surface area contributed by atoms with Crippen LogP contribution in [0.25, 0.3) is 11.1 Å². The summed E-state index contributed by atoms with van der Waals surface area (Å²) < 4.78 is 6.16. The topological polar surface area (TPSA) is 121 Å². The lowest BCUT2D eigenvalue weighted by Gasteiger charge is -2.62. The lowest BCUT2D eigenvalue weighted by atomic mass is 9.45. The summed E-state index contributed by atoms with van der Waals surface area (Å²) in [4.78, 5) is 43.9. The maximum Gasteiger partial charge on any atom is 0.254 e. The van der Waals surface area contributed by atoms with Crippen LogP contribution >= 0.6 is 0 Å². The Morgan fingerprint density at radius 3 is 2.14 bits per heavy atom. The summed E-state index contributed by atoms with van der Waals surface area (Å²) in [5, 5.41) is 26.4. The van der Waals surface area contributed by atoms with Crippen LogP contribution in [0.2, 0.25) is 0 Å². The molecule has 0 aromatic heterocycles.